The highest BCUT2D eigenvalue weighted by atomic mass is 32.2. The largest absolute Gasteiger partial charge is 0.461 e. The van der Waals surface area contributed by atoms with Crippen LogP contribution in [0.3, 0.4) is 0 Å². The number of allylic oxidation sites excluding steroid dienone is 1. The van der Waals surface area contributed by atoms with Crippen LogP contribution in [0.15, 0.2) is 28.7 Å². The third-order valence-electron chi connectivity index (χ3n) is 4.89. The number of carbonyl (C=O) groups excluding carboxylic acids is 1. The highest BCUT2D eigenvalue weighted by molar-refractivity contribution is 7.99. The van der Waals surface area contributed by atoms with Gasteiger partial charge in [0.2, 0.25) is 0 Å². The molecule has 0 aromatic carbocycles. The average molecular weight is 380 g/mol. The molecule has 0 amide bonds. The zero-order chi connectivity index (χ0) is 19.3. The summed E-state index contributed by atoms with van der Waals surface area (Å²) >= 11 is 1.17. The fourth-order valence-corrected chi connectivity index (χ4v) is 4.31. The lowest BCUT2D eigenvalue weighted by atomic mass is 9.75. The maximum absolute atomic E-state index is 12.4. The summed E-state index contributed by atoms with van der Waals surface area (Å²) in [6.45, 7) is 10.7. The molecule has 0 radical (unpaired) electrons. The Bertz CT molecular complexity index is 702. The van der Waals surface area contributed by atoms with Crippen LogP contribution in [0.25, 0.3) is 0 Å². The number of rotatable bonds is 7. The Morgan fingerprint density at radius 2 is 2.27 bits per heavy atom. The monoisotopic (exact) mass is 379 g/mol. The van der Waals surface area contributed by atoms with Crippen molar-refractivity contribution in [2.75, 3.05) is 11.5 Å². The highest BCUT2D eigenvalue weighted by Crippen LogP contribution is 2.35. The van der Waals surface area contributed by atoms with E-state index in [1.54, 1.807) is 10.6 Å². The molecule has 1 aromatic heterocycles. The maximum Gasteiger partial charge on any atom is 0.316 e. The fraction of sp³-hybridized carbons (Fsp3) is 0.632. The van der Waals surface area contributed by atoms with Gasteiger partial charge in [-0.2, -0.15) is 4.98 Å². The standard InChI is InChI=1S/C19H29N3O3S/c1-5-8-22-16(20)10-17(23)21-19(22)26-11-18(24)25-15-9-13(4)6-7-14(15)12(2)3/h5,10,12-15H,1,6-9,11,20H2,2-4H3. The molecule has 0 spiro atoms. The van der Waals surface area contributed by atoms with Gasteiger partial charge in [0.15, 0.2) is 5.16 Å². The van der Waals surface area contributed by atoms with E-state index in [-0.39, 0.29) is 17.8 Å². The summed E-state index contributed by atoms with van der Waals surface area (Å²) in [4.78, 5) is 28.0. The number of nitrogens with two attached hydrogens (primary N) is 1. The van der Waals surface area contributed by atoms with E-state index < -0.39 is 5.56 Å². The summed E-state index contributed by atoms with van der Waals surface area (Å²) in [7, 11) is 0. The van der Waals surface area contributed by atoms with E-state index >= 15 is 0 Å². The molecule has 7 heteroatoms. The molecule has 0 aliphatic heterocycles. The van der Waals surface area contributed by atoms with Crippen molar-refractivity contribution in [1.82, 2.24) is 9.55 Å². The van der Waals surface area contributed by atoms with Crippen LogP contribution in [-0.4, -0.2) is 27.4 Å². The smallest absolute Gasteiger partial charge is 0.316 e. The molecule has 144 valence electrons. The van der Waals surface area contributed by atoms with E-state index in [4.69, 9.17) is 10.5 Å². The van der Waals surface area contributed by atoms with E-state index in [1.807, 2.05) is 0 Å². The summed E-state index contributed by atoms with van der Waals surface area (Å²) in [6, 6.07) is 1.27. The average Bonchev–Trinajstić information content (AvgIpc) is 2.55. The number of thioether (sulfide) groups is 1. The van der Waals surface area contributed by atoms with Crippen LogP contribution < -0.4 is 11.3 Å². The van der Waals surface area contributed by atoms with Crippen molar-refractivity contribution in [2.24, 2.45) is 17.8 Å². The maximum atomic E-state index is 12.4. The van der Waals surface area contributed by atoms with Crippen molar-refractivity contribution in [2.45, 2.75) is 57.8 Å². The Labute approximate surface area is 159 Å². The van der Waals surface area contributed by atoms with Gasteiger partial charge in [-0.25, -0.2) is 0 Å². The van der Waals surface area contributed by atoms with Crippen LogP contribution in [0.4, 0.5) is 5.82 Å². The number of nitrogen functional groups attached to an aromatic ring is 1. The van der Waals surface area contributed by atoms with Crippen LogP contribution in [0.2, 0.25) is 0 Å². The summed E-state index contributed by atoms with van der Waals surface area (Å²) in [5, 5.41) is 0.407. The van der Waals surface area contributed by atoms with Gasteiger partial charge >= 0.3 is 5.97 Å². The van der Waals surface area contributed by atoms with Crippen LogP contribution in [0, 0.1) is 17.8 Å². The highest BCUT2D eigenvalue weighted by Gasteiger charge is 2.33. The third kappa shape index (κ3) is 5.37. The van der Waals surface area contributed by atoms with E-state index in [9.17, 15) is 9.59 Å². The number of anilines is 1. The van der Waals surface area contributed by atoms with Crippen molar-refractivity contribution in [1.29, 1.82) is 0 Å². The molecule has 26 heavy (non-hydrogen) atoms. The number of carbonyl (C=O) groups is 1. The van der Waals surface area contributed by atoms with Gasteiger partial charge in [0, 0.05) is 12.6 Å². The second-order valence-electron chi connectivity index (χ2n) is 7.34. The summed E-state index contributed by atoms with van der Waals surface area (Å²) in [5.41, 5.74) is 5.46. The van der Waals surface area contributed by atoms with Gasteiger partial charge in [-0.15, -0.1) is 6.58 Å². The van der Waals surface area contributed by atoms with Gasteiger partial charge in [-0.3, -0.25) is 9.59 Å². The second kappa shape index (κ2) is 9.26. The second-order valence-corrected chi connectivity index (χ2v) is 8.29. The number of hydrogen-bond acceptors (Lipinski definition) is 6. The molecule has 2 rings (SSSR count). The number of hydrogen-bond donors (Lipinski definition) is 1. The van der Waals surface area contributed by atoms with E-state index in [0.717, 1.165) is 12.8 Å². The van der Waals surface area contributed by atoms with Gasteiger partial charge in [-0.05, 0) is 30.6 Å². The lowest BCUT2D eigenvalue weighted by Crippen LogP contribution is -2.36. The van der Waals surface area contributed by atoms with Crippen molar-refractivity contribution in [3.05, 3.63) is 29.1 Å². The first-order chi connectivity index (χ1) is 12.3. The molecule has 6 nitrogen and oxygen atoms in total. The Morgan fingerprint density at radius 1 is 1.54 bits per heavy atom. The van der Waals surface area contributed by atoms with Crippen LogP contribution in [0.1, 0.15) is 40.0 Å². The first-order valence-corrected chi connectivity index (χ1v) is 10.1. The predicted octanol–water partition coefficient (Wildman–Crippen LogP) is 3.11. The minimum Gasteiger partial charge on any atom is -0.461 e. The number of nitrogens with zero attached hydrogens (tertiary/aromatic N) is 2. The molecule has 1 aliphatic rings. The number of aromatic nitrogens is 2. The Balaban J connectivity index is 2.02. The summed E-state index contributed by atoms with van der Waals surface area (Å²) in [5.74, 6) is 1.60. The lowest BCUT2D eigenvalue weighted by Gasteiger charge is -2.36. The number of esters is 1. The van der Waals surface area contributed by atoms with Gasteiger partial charge < -0.3 is 15.0 Å². The van der Waals surface area contributed by atoms with Crippen molar-refractivity contribution >= 4 is 23.5 Å². The molecule has 0 saturated heterocycles. The van der Waals surface area contributed by atoms with Crippen LogP contribution in [-0.2, 0) is 16.1 Å². The minimum atomic E-state index is -0.417. The third-order valence-corrected chi connectivity index (χ3v) is 5.84. The molecule has 1 aromatic rings. The molecule has 3 atom stereocenters. The van der Waals surface area contributed by atoms with E-state index in [2.05, 4.69) is 32.3 Å². The molecular weight excluding hydrogens is 350 g/mol. The molecule has 1 aliphatic carbocycles. The zero-order valence-electron chi connectivity index (χ0n) is 15.8. The minimum absolute atomic E-state index is 0.0315. The van der Waals surface area contributed by atoms with Crippen LogP contribution >= 0.6 is 11.8 Å². The zero-order valence-corrected chi connectivity index (χ0v) is 16.6. The van der Waals surface area contributed by atoms with Gasteiger partial charge in [0.25, 0.3) is 5.56 Å². The van der Waals surface area contributed by atoms with Crippen LogP contribution in [0.5, 0.6) is 0 Å². The first kappa shape index (κ1) is 20.6. The molecule has 2 N–H and O–H groups in total. The first-order valence-electron chi connectivity index (χ1n) is 9.12. The quantitative estimate of drug-likeness (QED) is 0.339. The van der Waals surface area contributed by atoms with E-state index in [1.165, 1.54) is 24.2 Å². The number of ether oxygens (including phenoxy) is 1. The molecular formula is C19H29N3O3S. The Morgan fingerprint density at radius 3 is 2.92 bits per heavy atom. The van der Waals surface area contributed by atoms with Gasteiger partial charge in [-0.1, -0.05) is 45.0 Å². The van der Waals surface area contributed by atoms with Gasteiger partial charge in [0.05, 0.1) is 5.75 Å². The predicted molar refractivity (Wildman–Crippen MR) is 105 cm³/mol. The van der Waals surface area contributed by atoms with Crippen molar-refractivity contribution in [3.8, 4) is 0 Å². The van der Waals surface area contributed by atoms with Gasteiger partial charge in [0.1, 0.15) is 11.9 Å². The fourth-order valence-electron chi connectivity index (χ4n) is 3.50. The Hall–Kier alpha value is -1.76. The molecule has 1 heterocycles. The molecule has 1 saturated carbocycles. The topological polar surface area (TPSA) is 87.2 Å². The normalized spacial score (nSPS) is 23.0. The molecule has 3 unspecified atom stereocenters. The summed E-state index contributed by atoms with van der Waals surface area (Å²) < 4.78 is 7.45. The Kier molecular flexibility index (Phi) is 7.32. The molecule has 0 bridgehead atoms. The lowest BCUT2D eigenvalue weighted by molar-refractivity contribution is -0.152. The SMILES string of the molecule is C=CCn1c(N)cc(=O)nc1SCC(=O)OC1CC(C)CCC1C(C)C. The van der Waals surface area contributed by atoms with Crippen molar-refractivity contribution in [3.63, 3.8) is 0 Å². The summed E-state index contributed by atoms with van der Waals surface area (Å²) in [6.07, 6.45) is 4.83. The van der Waals surface area contributed by atoms with Crippen molar-refractivity contribution < 1.29 is 9.53 Å². The molecule has 1 fully saturated rings. The van der Waals surface area contributed by atoms with E-state index in [0.29, 0.717) is 35.3 Å².